The largest absolute Gasteiger partial charge is 0.496 e. The van der Waals surface area contributed by atoms with E-state index in [9.17, 15) is 4.79 Å². The first-order chi connectivity index (χ1) is 8.08. The monoisotopic (exact) mass is 297 g/mol. The van der Waals surface area contributed by atoms with Crippen LogP contribution in [-0.2, 0) is 4.79 Å². The quantitative estimate of drug-likeness (QED) is 0.800. The lowest BCUT2D eigenvalue weighted by atomic mass is 10.2. The molecule has 17 heavy (non-hydrogen) atoms. The fraction of sp³-hybridized carbons (Fsp3) is 0.308. The summed E-state index contributed by atoms with van der Waals surface area (Å²) in [4.78, 5) is 13.3. The summed E-state index contributed by atoms with van der Waals surface area (Å²) in [6.45, 7) is 2.63. The summed E-state index contributed by atoms with van der Waals surface area (Å²) in [5.41, 5.74) is 0.875. The van der Waals surface area contributed by atoms with Gasteiger partial charge in [0.25, 0.3) is 0 Å². The molecule has 0 unspecified atom stereocenters. The molecular weight excluding hydrogens is 282 g/mol. The van der Waals surface area contributed by atoms with Crippen molar-refractivity contribution in [2.45, 2.75) is 6.92 Å². The van der Waals surface area contributed by atoms with Crippen molar-refractivity contribution in [2.24, 2.45) is 0 Å². The van der Waals surface area contributed by atoms with Gasteiger partial charge in [-0.2, -0.15) is 0 Å². The maximum absolute atomic E-state index is 11.6. The Kier molecular flexibility index (Phi) is 5.22. The molecule has 0 aliphatic heterocycles. The minimum Gasteiger partial charge on any atom is -0.496 e. The molecule has 0 atom stereocenters. The fourth-order valence-electron chi connectivity index (χ4n) is 1.28. The molecule has 0 heterocycles. The summed E-state index contributed by atoms with van der Waals surface area (Å²) in [5.74, 6) is 0.728. The lowest BCUT2D eigenvalue weighted by Crippen LogP contribution is -2.23. The smallest absolute Gasteiger partial charge is 0.246 e. The molecule has 0 bridgehead atoms. The Morgan fingerprint density at radius 3 is 2.82 bits per heavy atom. The predicted octanol–water partition coefficient (Wildman–Crippen LogP) is 2.95. The third-order valence-corrected chi connectivity index (χ3v) is 2.94. The highest BCUT2D eigenvalue weighted by Gasteiger charge is 2.03. The van der Waals surface area contributed by atoms with E-state index in [0.29, 0.717) is 6.54 Å². The number of hydrogen-bond acceptors (Lipinski definition) is 2. The number of carbonyl (C=O) groups excluding carboxylic acids is 1. The molecule has 3 nitrogen and oxygen atoms in total. The van der Waals surface area contributed by atoms with E-state index in [-0.39, 0.29) is 5.91 Å². The highest BCUT2D eigenvalue weighted by molar-refractivity contribution is 9.10. The summed E-state index contributed by atoms with van der Waals surface area (Å²) < 4.78 is 6.18. The number of rotatable bonds is 4. The minimum atomic E-state index is -0.0190. The first-order valence-electron chi connectivity index (χ1n) is 5.35. The minimum absolute atomic E-state index is 0.0190. The number of benzene rings is 1. The van der Waals surface area contributed by atoms with Gasteiger partial charge in [-0.15, -0.1) is 0 Å². The van der Waals surface area contributed by atoms with Crippen molar-refractivity contribution in [3.05, 3.63) is 34.3 Å². The zero-order valence-electron chi connectivity index (χ0n) is 10.2. The Morgan fingerprint density at radius 2 is 2.24 bits per heavy atom. The standard InChI is InChI=1S/C13H16BrNO2/c1-4-15(2)13(16)8-5-10-9-11(14)6-7-12(10)17-3/h5-9H,4H2,1-3H3/b8-5+. The molecule has 0 N–H and O–H groups in total. The van der Waals surface area contributed by atoms with Gasteiger partial charge in [0, 0.05) is 29.7 Å². The van der Waals surface area contributed by atoms with E-state index < -0.39 is 0 Å². The first-order valence-corrected chi connectivity index (χ1v) is 6.14. The zero-order chi connectivity index (χ0) is 12.8. The van der Waals surface area contributed by atoms with Crippen molar-refractivity contribution in [2.75, 3.05) is 20.7 Å². The van der Waals surface area contributed by atoms with Gasteiger partial charge in [0.05, 0.1) is 7.11 Å². The lowest BCUT2D eigenvalue weighted by Gasteiger charge is -2.11. The van der Waals surface area contributed by atoms with Crippen LogP contribution in [0.5, 0.6) is 5.75 Å². The molecule has 92 valence electrons. The summed E-state index contributed by atoms with van der Waals surface area (Å²) in [6.07, 6.45) is 3.31. The van der Waals surface area contributed by atoms with Crippen LogP contribution in [0, 0.1) is 0 Å². The van der Waals surface area contributed by atoms with Gasteiger partial charge < -0.3 is 9.64 Å². The molecule has 0 aromatic heterocycles. The number of carbonyl (C=O) groups is 1. The molecule has 0 saturated heterocycles. The van der Waals surface area contributed by atoms with E-state index in [4.69, 9.17) is 4.74 Å². The maximum atomic E-state index is 11.6. The van der Waals surface area contributed by atoms with Gasteiger partial charge in [0.2, 0.25) is 5.91 Å². The van der Waals surface area contributed by atoms with Crippen LogP contribution in [0.15, 0.2) is 28.7 Å². The summed E-state index contributed by atoms with van der Waals surface area (Å²) >= 11 is 3.39. The number of hydrogen-bond donors (Lipinski definition) is 0. The van der Waals surface area contributed by atoms with Crippen molar-refractivity contribution in [1.82, 2.24) is 4.90 Å². The van der Waals surface area contributed by atoms with E-state index in [1.807, 2.05) is 25.1 Å². The van der Waals surface area contributed by atoms with Gasteiger partial charge in [-0.05, 0) is 31.2 Å². The Hall–Kier alpha value is -1.29. The van der Waals surface area contributed by atoms with Crippen LogP contribution in [0.1, 0.15) is 12.5 Å². The van der Waals surface area contributed by atoms with Crippen LogP contribution in [0.25, 0.3) is 6.08 Å². The second kappa shape index (κ2) is 6.45. The third kappa shape index (κ3) is 3.89. The number of amides is 1. The molecule has 4 heteroatoms. The summed E-state index contributed by atoms with van der Waals surface area (Å²) in [7, 11) is 3.38. The molecule has 1 aromatic rings. The molecule has 1 aromatic carbocycles. The maximum Gasteiger partial charge on any atom is 0.246 e. The zero-order valence-corrected chi connectivity index (χ0v) is 11.8. The number of likely N-dealkylation sites (N-methyl/N-ethyl adjacent to an activating group) is 1. The van der Waals surface area contributed by atoms with Crippen molar-refractivity contribution in [3.8, 4) is 5.75 Å². The van der Waals surface area contributed by atoms with Gasteiger partial charge in [0.1, 0.15) is 5.75 Å². The van der Waals surface area contributed by atoms with Crippen LogP contribution in [0.3, 0.4) is 0 Å². The van der Waals surface area contributed by atoms with Crippen molar-refractivity contribution < 1.29 is 9.53 Å². The van der Waals surface area contributed by atoms with Gasteiger partial charge in [-0.25, -0.2) is 0 Å². The summed E-state index contributed by atoms with van der Waals surface area (Å²) in [5, 5.41) is 0. The highest BCUT2D eigenvalue weighted by Crippen LogP contribution is 2.24. The first kappa shape index (κ1) is 13.8. The van der Waals surface area contributed by atoms with Gasteiger partial charge >= 0.3 is 0 Å². The van der Waals surface area contributed by atoms with Crippen molar-refractivity contribution >= 4 is 27.9 Å². The average Bonchev–Trinajstić information content (AvgIpc) is 2.35. The van der Waals surface area contributed by atoms with Crippen LogP contribution in [0.4, 0.5) is 0 Å². The number of nitrogens with zero attached hydrogens (tertiary/aromatic N) is 1. The SMILES string of the molecule is CCN(C)C(=O)/C=C/c1cc(Br)ccc1OC. The van der Waals surface area contributed by atoms with E-state index >= 15 is 0 Å². The van der Waals surface area contributed by atoms with E-state index in [1.165, 1.54) is 0 Å². The van der Waals surface area contributed by atoms with Crippen molar-refractivity contribution in [3.63, 3.8) is 0 Å². The fourth-order valence-corrected chi connectivity index (χ4v) is 1.66. The molecule has 1 rings (SSSR count). The van der Waals surface area contributed by atoms with Crippen LogP contribution in [-0.4, -0.2) is 31.5 Å². The molecule has 0 aliphatic rings. The normalized spacial score (nSPS) is 10.6. The molecule has 0 aliphatic carbocycles. The second-order valence-electron chi connectivity index (χ2n) is 3.57. The summed E-state index contributed by atoms with van der Waals surface area (Å²) in [6, 6.07) is 5.67. The average molecular weight is 298 g/mol. The Balaban J connectivity index is 2.90. The van der Waals surface area contributed by atoms with E-state index in [0.717, 1.165) is 15.8 Å². The van der Waals surface area contributed by atoms with E-state index in [2.05, 4.69) is 15.9 Å². The Bertz CT molecular complexity index is 429. The van der Waals surface area contributed by atoms with Gasteiger partial charge in [-0.3, -0.25) is 4.79 Å². The highest BCUT2D eigenvalue weighted by atomic mass is 79.9. The Morgan fingerprint density at radius 1 is 1.53 bits per heavy atom. The topological polar surface area (TPSA) is 29.5 Å². The number of ether oxygens (including phenoxy) is 1. The number of halogens is 1. The third-order valence-electron chi connectivity index (χ3n) is 2.45. The molecule has 0 saturated carbocycles. The van der Waals surface area contributed by atoms with Crippen molar-refractivity contribution in [1.29, 1.82) is 0 Å². The van der Waals surface area contributed by atoms with Crippen LogP contribution < -0.4 is 4.74 Å². The van der Waals surface area contributed by atoms with Crippen LogP contribution >= 0.6 is 15.9 Å². The number of methoxy groups -OCH3 is 1. The van der Waals surface area contributed by atoms with Gasteiger partial charge in [0.15, 0.2) is 0 Å². The molecule has 0 spiro atoms. The van der Waals surface area contributed by atoms with Gasteiger partial charge in [-0.1, -0.05) is 15.9 Å². The predicted molar refractivity (Wildman–Crippen MR) is 73.0 cm³/mol. The van der Waals surface area contributed by atoms with E-state index in [1.54, 1.807) is 31.2 Å². The molecule has 1 amide bonds. The molecule has 0 radical (unpaired) electrons. The molecular formula is C13H16BrNO2. The van der Waals surface area contributed by atoms with Crippen LogP contribution in [0.2, 0.25) is 0 Å². The second-order valence-corrected chi connectivity index (χ2v) is 4.49. The lowest BCUT2D eigenvalue weighted by molar-refractivity contribution is -0.124. The molecule has 0 fully saturated rings. The Labute approximate surface area is 110 Å².